The third-order valence-corrected chi connectivity index (χ3v) is 4.40. The van der Waals surface area contributed by atoms with Gasteiger partial charge in [0, 0.05) is 33.7 Å². The number of nitrogens with one attached hydrogen (secondary N) is 1. The van der Waals surface area contributed by atoms with Gasteiger partial charge in [0.25, 0.3) is 5.69 Å². The SMILES string of the molecule is O=[N+]([O-])c1cccc(/C=N\Nc2nc(-c3ccccc3)c3cc(Cl)ccc3n2)c1. The van der Waals surface area contributed by atoms with Crippen LogP contribution in [-0.2, 0) is 0 Å². The fraction of sp³-hybridized carbons (Fsp3) is 0. The molecule has 0 bridgehead atoms. The summed E-state index contributed by atoms with van der Waals surface area (Å²) in [6, 6.07) is 21.3. The molecule has 0 saturated carbocycles. The van der Waals surface area contributed by atoms with E-state index < -0.39 is 4.92 Å². The van der Waals surface area contributed by atoms with E-state index in [1.165, 1.54) is 18.3 Å². The fourth-order valence-corrected chi connectivity index (χ4v) is 3.02. The van der Waals surface area contributed by atoms with Gasteiger partial charge >= 0.3 is 0 Å². The van der Waals surface area contributed by atoms with E-state index in [0.717, 1.165) is 22.2 Å². The quantitative estimate of drug-likeness (QED) is 0.277. The number of halogens is 1. The Morgan fingerprint density at radius 2 is 1.83 bits per heavy atom. The van der Waals surface area contributed by atoms with Gasteiger partial charge < -0.3 is 0 Å². The molecule has 0 aliphatic carbocycles. The minimum atomic E-state index is -0.450. The van der Waals surface area contributed by atoms with Crippen molar-refractivity contribution in [1.29, 1.82) is 0 Å². The van der Waals surface area contributed by atoms with Gasteiger partial charge in [0.2, 0.25) is 5.95 Å². The van der Waals surface area contributed by atoms with E-state index >= 15 is 0 Å². The standard InChI is InChI=1S/C21H14ClN5O2/c22-16-9-10-19-18(12-16)20(15-6-2-1-3-7-15)25-21(24-19)26-23-13-14-5-4-8-17(11-14)27(28)29/h1-13H,(H,24,25,26)/b23-13-. The lowest BCUT2D eigenvalue weighted by molar-refractivity contribution is -0.384. The van der Waals surface area contributed by atoms with Gasteiger partial charge in [0.1, 0.15) is 0 Å². The van der Waals surface area contributed by atoms with Crippen LogP contribution >= 0.6 is 11.6 Å². The summed E-state index contributed by atoms with van der Waals surface area (Å²) in [5.74, 6) is 0.306. The Morgan fingerprint density at radius 3 is 2.62 bits per heavy atom. The van der Waals surface area contributed by atoms with E-state index in [9.17, 15) is 10.1 Å². The second kappa shape index (κ2) is 8.04. The smallest absolute Gasteiger partial charge is 0.258 e. The van der Waals surface area contributed by atoms with Gasteiger partial charge in [-0.2, -0.15) is 5.10 Å². The first-order valence-corrected chi connectivity index (χ1v) is 9.04. The first kappa shape index (κ1) is 18.5. The zero-order valence-corrected chi connectivity index (χ0v) is 15.7. The van der Waals surface area contributed by atoms with Crippen molar-refractivity contribution < 1.29 is 4.92 Å². The zero-order chi connectivity index (χ0) is 20.2. The lowest BCUT2D eigenvalue weighted by Gasteiger charge is -2.09. The Bertz CT molecular complexity index is 1230. The Labute approximate surface area is 170 Å². The van der Waals surface area contributed by atoms with Crippen molar-refractivity contribution in [2.45, 2.75) is 0 Å². The average Bonchev–Trinajstić information content (AvgIpc) is 2.74. The number of hydrazone groups is 1. The number of nitrogens with zero attached hydrogens (tertiary/aromatic N) is 4. The lowest BCUT2D eigenvalue weighted by atomic mass is 10.1. The van der Waals surface area contributed by atoms with E-state index in [1.54, 1.807) is 18.2 Å². The van der Waals surface area contributed by atoms with Crippen LogP contribution in [0.15, 0.2) is 77.9 Å². The summed E-state index contributed by atoms with van der Waals surface area (Å²) in [5, 5.41) is 16.4. The first-order chi connectivity index (χ1) is 14.1. The molecule has 4 aromatic rings. The minimum absolute atomic E-state index is 0.000789. The molecule has 0 aliphatic rings. The molecule has 1 N–H and O–H groups in total. The summed E-state index contributed by atoms with van der Waals surface area (Å²) >= 11 is 6.16. The van der Waals surface area contributed by atoms with Gasteiger partial charge in [-0.05, 0) is 18.2 Å². The molecule has 0 amide bonds. The zero-order valence-electron chi connectivity index (χ0n) is 15.0. The maximum atomic E-state index is 10.9. The number of hydrogen-bond donors (Lipinski definition) is 1. The van der Waals surface area contributed by atoms with Crippen LogP contribution in [0.25, 0.3) is 22.2 Å². The predicted molar refractivity (Wildman–Crippen MR) is 114 cm³/mol. The third-order valence-electron chi connectivity index (χ3n) is 4.16. The third kappa shape index (κ3) is 4.20. The lowest BCUT2D eigenvalue weighted by Crippen LogP contribution is -2.00. The number of non-ortho nitro benzene ring substituents is 1. The summed E-state index contributed by atoms with van der Waals surface area (Å²) in [4.78, 5) is 19.5. The molecule has 3 aromatic carbocycles. The van der Waals surface area contributed by atoms with E-state index in [4.69, 9.17) is 11.6 Å². The number of nitro groups is 1. The van der Waals surface area contributed by atoms with Crippen LogP contribution in [0.3, 0.4) is 0 Å². The number of aromatic nitrogens is 2. The molecule has 0 unspecified atom stereocenters. The highest BCUT2D eigenvalue weighted by atomic mass is 35.5. The maximum Gasteiger partial charge on any atom is 0.270 e. The van der Waals surface area contributed by atoms with Crippen LogP contribution in [0.4, 0.5) is 11.6 Å². The first-order valence-electron chi connectivity index (χ1n) is 8.66. The maximum absolute atomic E-state index is 10.9. The van der Waals surface area contributed by atoms with Crippen molar-refractivity contribution >= 4 is 40.4 Å². The van der Waals surface area contributed by atoms with Crippen molar-refractivity contribution in [3.8, 4) is 11.3 Å². The molecule has 8 heteroatoms. The van der Waals surface area contributed by atoms with Crippen LogP contribution in [0.5, 0.6) is 0 Å². The van der Waals surface area contributed by atoms with Gasteiger partial charge in [-0.15, -0.1) is 0 Å². The van der Waals surface area contributed by atoms with Crippen LogP contribution in [0.1, 0.15) is 5.56 Å². The van der Waals surface area contributed by atoms with Crippen molar-refractivity contribution in [2.24, 2.45) is 5.10 Å². The summed E-state index contributed by atoms with van der Waals surface area (Å²) < 4.78 is 0. The fourth-order valence-electron chi connectivity index (χ4n) is 2.85. The monoisotopic (exact) mass is 403 g/mol. The number of rotatable bonds is 5. The minimum Gasteiger partial charge on any atom is -0.258 e. The molecule has 7 nitrogen and oxygen atoms in total. The topological polar surface area (TPSA) is 93.3 Å². The van der Waals surface area contributed by atoms with E-state index in [2.05, 4.69) is 20.5 Å². The molecular weight excluding hydrogens is 390 g/mol. The van der Waals surface area contributed by atoms with E-state index in [0.29, 0.717) is 16.5 Å². The molecule has 0 fully saturated rings. The molecule has 1 aromatic heterocycles. The molecule has 0 radical (unpaired) electrons. The summed E-state index contributed by atoms with van der Waals surface area (Å²) in [7, 11) is 0. The molecule has 0 saturated heterocycles. The van der Waals surface area contributed by atoms with Crippen molar-refractivity contribution in [2.75, 3.05) is 5.43 Å². The molecule has 29 heavy (non-hydrogen) atoms. The molecular formula is C21H14ClN5O2. The van der Waals surface area contributed by atoms with E-state index in [-0.39, 0.29) is 5.69 Å². The Hall–Kier alpha value is -3.84. The van der Waals surface area contributed by atoms with Crippen molar-refractivity contribution in [3.05, 3.63) is 93.5 Å². The number of hydrogen-bond acceptors (Lipinski definition) is 6. The number of nitro benzene ring substituents is 1. The second-order valence-corrected chi connectivity index (χ2v) is 6.58. The normalized spacial score (nSPS) is 11.1. The highest BCUT2D eigenvalue weighted by Crippen LogP contribution is 2.29. The molecule has 4 rings (SSSR count). The summed E-state index contributed by atoms with van der Waals surface area (Å²) in [6.45, 7) is 0. The molecule has 0 spiro atoms. The molecule has 142 valence electrons. The van der Waals surface area contributed by atoms with Gasteiger partial charge in [0.05, 0.1) is 22.3 Å². The van der Waals surface area contributed by atoms with Crippen LogP contribution < -0.4 is 5.43 Å². The van der Waals surface area contributed by atoms with Gasteiger partial charge in [-0.1, -0.05) is 54.1 Å². The van der Waals surface area contributed by atoms with Crippen molar-refractivity contribution in [3.63, 3.8) is 0 Å². The molecule has 0 aliphatic heterocycles. The summed E-state index contributed by atoms with van der Waals surface area (Å²) in [6.07, 6.45) is 1.48. The highest BCUT2D eigenvalue weighted by molar-refractivity contribution is 6.31. The van der Waals surface area contributed by atoms with Gasteiger partial charge in [0.15, 0.2) is 0 Å². The Kier molecular flexibility index (Phi) is 5.13. The predicted octanol–water partition coefficient (Wildman–Crippen LogP) is 5.30. The summed E-state index contributed by atoms with van der Waals surface area (Å²) in [5.41, 5.74) is 5.76. The Morgan fingerprint density at radius 1 is 1.00 bits per heavy atom. The van der Waals surface area contributed by atoms with Gasteiger partial charge in [-0.25, -0.2) is 15.4 Å². The number of benzene rings is 3. The van der Waals surface area contributed by atoms with Crippen molar-refractivity contribution in [1.82, 2.24) is 9.97 Å². The number of anilines is 1. The van der Waals surface area contributed by atoms with Crippen LogP contribution in [0, 0.1) is 10.1 Å². The molecule has 0 atom stereocenters. The molecule has 1 heterocycles. The largest absolute Gasteiger partial charge is 0.270 e. The Balaban J connectivity index is 1.69. The van der Waals surface area contributed by atoms with E-state index in [1.807, 2.05) is 42.5 Å². The highest BCUT2D eigenvalue weighted by Gasteiger charge is 2.10. The second-order valence-electron chi connectivity index (χ2n) is 6.15. The number of fused-ring (bicyclic) bond motifs is 1. The van der Waals surface area contributed by atoms with Crippen LogP contribution in [-0.4, -0.2) is 21.1 Å². The average molecular weight is 404 g/mol. The van der Waals surface area contributed by atoms with Crippen LogP contribution in [0.2, 0.25) is 5.02 Å². The van der Waals surface area contributed by atoms with Gasteiger partial charge in [-0.3, -0.25) is 10.1 Å².